The molecule has 3 heteroatoms. The molecule has 1 aromatic carbocycles. The Morgan fingerprint density at radius 3 is 2.73 bits per heavy atom. The highest BCUT2D eigenvalue weighted by molar-refractivity contribution is 6.33. The number of aromatic nitrogens is 1. The minimum Gasteiger partial charge on any atom is -0.294 e. The summed E-state index contributed by atoms with van der Waals surface area (Å²) < 4.78 is 0. The zero-order valence-electron chi connectivity index (χ0n) is 8.54. The van der Waals surface area contributed by atoms with E-state index < -0.39 is 0 Å². The van der Waals surface area contributed by atoms with Crippen molar-refractivity contribution in [2.75, 3.05) is 0 Å². The molecule has 2 rings (SSSR count). The number of ketones is 1. The molecule has 0 fully saturated rings. The summed E-state index contributed by atoms with van der Waals surface area (Å²) in [6.45, 7) is 3.49. The van der Waals surface area contributed by atoms with E-state index in [0.29, 0.717) is 5.56 Å². The summed E-state index contributed by atoms with van der Waals surface area (Å²) in [6, 6.07) is 7.66. The minimum absolute atomic E-state index is 0.0593. The molecule has 0 aliphatic rings. The lowest BCUT2D eigenvalue weighted by Gasteiger charge is -2.03. The summed E-state index contributed by atoms with van der Waals surface area (Å²) in [6.07, 6.45) is 0. The second-order valence-corrected chi connectivity index (χ2v) is 3.94. The van der Waals surface area contributed by atoms with Crippen molar-refractivity contribution in [2.24, 2.45) is 0 Å². The van der Waals surface area contributed by atoms with Gasteiger partial charge in [0.05, 0.1) is 11.1 Å². The van der Waals surface area contributed by atoms with Crippen LogP contribution in [0, 0.1) is 6.92 Å². The third kappa shape index (κ3) is 1.85. The molecule has 0 radical (unpaired) electrons. The Kier molecular flexibility index (Phi) is 2.45. The third-order valence-electron chi connectivity index (χ3n) is 2.30. The van der Waals surface area contributed by atoms with E-state index in [1.807, 2.05) is 25.1 Å². The number of carbonyl (C=O) groups is 1. The molecule has 76 valence electrons. The van der Waals surface area contributed by atoms with Crippen LogP contribution in [0.15, 0.2) is 24.3 Å². The zero-order chi connectivity index (χ0) is 11.0. The van der Waals surface area contributed by atoms with Gasteiger partial charge in [0.25, 0.3) is 0 Å². The van der Waals surface area contributed by atoms with E-state index in [1.54, 1.807) is 6.07 Å². The first-order valence-corrected chi connectivity index (χ1v) is 5.03. The zero-order valence-corrected chi connectivity index (χ0v) is 9.30. The number of pyridine rings is 1. The van der Waals surface area contributed by atoms with Gasteiger partial charge in [0.1, 0.15) is 5.15 Å². The second-order valence-electron chi connectivity index (χ2n) is 3.58. The number of hydrogen-bond acceptors (Lipinski definition) is 2. The van der Waals surface area contributed by atoms with Crippen molar-refractivity contribution in [3.63, 3.8) is 0 Å². The van der Waals surface area contributed by atoms with Crippen molar-refractivity contribution in [2.45, 2.75) is 13.8 Å². The van der Waals surface area contributed by atoms with Crippen LogP contribution in [0.1, 0.15) is 22.8 Å². The SMILES string of the molecule is CC(=O)c1cc2cc(C)ccc2nc1Cl. The summed E-state index contributed by atoms with van der Waals surface area (Å²) in [5.74, 6) is -0.0593. The number of hydrogen-bond donors (Lipinski definition) is 0. The first kappa shape index (κ1) is 10.1. The fourth-order valence-corrected chi connectivity index (χ4v) is 1.80. The molecule has 2 aromatic rings. The van der Waals surface area contributed by atoms with Crippen molar-refractivity contribution < 1.29 is 4.79 Å². The van der Waals surface area contributed by atoms with Gasteiger partial charge in [-0.2, -0.15) is 0 Å². The molecule has 2 nitrogen and oxygen atoms in total. The molecule has 1 heterocycles. The number of rotatable bonds is 1. The van der Waals surface area contributed by atoms with Gasteiger partial charge in [-0.25, -0.2) is 4.98 Å². The van der Waals surface area contributed by atoms with Crippen molar-refractivity contribution in [3.8, 4) is 0 Å². The molecular formula is C12H10ClNO. The Bertz CT molecular complexity index is 549. The Morgan fingerprint density at radius 2 is 2.07 bits per heavy atom. The normalized spacial score (nSPS) is 10.6. The quantitative estimate of drug-likeness (QED) is 0.544. The molecule has 0 aliphatic heterocycles. The van der Waals surface area contributed by atoms with Crippen molar-refractivity contribution in [1.82, 2.24) is 4.98 Å². The Morgan fingerprint density at radius 1 is 1.33 bits per heavy atom. The molecule has 0 amide bonds. The average molecular weight is 220 g/mol. The number of nitrogens with zero attached hydrogens (tertiary/aromatic N) is 1. The minimum atomic E-state index is -0.0593. The van der Waals surface area contributed by atoms with E-state index in [4.69, 9.17) is 11.6 Å². The van der Waals surface area contributed by atoms with E-state index >= 15 is 0 Å². The van der Waals surface area contributed by atoms with Gasteiger partial charge in [-0.3, -0.25) is 4.79 Å². The molecule has 0 aliphatic carbocycles. The topological polar surface area (TPSA) is 30.0 Å². The van der Waals surface area contributed by atoms with Gasteiger partial charge in [-0.1, -0.05) is 23.2 Å². The van der Waals surface area contributed by atoms with Gasteiger partial charge in [0, 0.05) is 5.39 Å². The Hall–Kier alpha value is -1.41. The van der Waals surface area contributed by atoms with Crippen LogP contribution in [0.2, 0.25) is 5.15 Å². The first-order valence-electron chi connectivity index (χ1n) is 4.66. The number of carbonyl (C=O) groups excluding carboxylic acids is 1. The standard InChI is InChI=1S/C12H10ClNO/c1-7-3-4-11-9(5-7)6-10(8(2)15)12(13)14-11/h3-6H,1-2H3. The van der Waals surface area contributed by atoms with Crippen LogP contribution < -0.4 is 0 Å². The van der Waals surface area contributed by atoms with E-state index in [1.165, 1.54) is 6.92 Å². The molecule has 1 aromatic heterocycles. The van der Waals surface area contributed by atoms with Crippen LogP contribution in [0.25, 0.3) is 10.9 Å². The molecule has 0 N–H and O–H groups in total. The fourth-order valence-electron chi connectivity index (χ4n) is 1.52. The highest BCUT2D eigenvalue weighted by atomic mass is 35.5. The molecule has 0 saturated carbocycles. The summed E-state index contributed by atoms with van der Waals surface area (Å²) >= 11 is 5.91. The summed E-state index contributed by atoms with van der Waals surface area (Å²) in [5.41, 5.74) is 2.44. The lowest BCUT2D eigenvalue weighted by molar-refractivity contribution is 0.101. The molecular weight excluding hydrogens is 210 g/mol. The molecule has 0 bridgehead atoms. The van der Waals surface area contributed by atoms with Crippen LogP contribution >= 0.6 is 11.6 Å². The second kappa shape index (κ2) is 3.63. The largest absolute Gasteiger partial charge is 0.294 e. The van der Waals surface area contributed by atoms with Gasteiger partial charge < -0.3 is 0 Å². The van der Waals surface area contributed by atoms with E-state index in [-0.39, 0.29) is 10.9 Å². The first-order chi connectivity index (χ1) is 7.08. The van der Waals surface area contributed by atoms with Crippen molar-refractivity contribution in [1.29, 1.82) is 0 Å². The highest BCUT2D eigenvalue weighted by Gasteiger charge is 2.08. The molecule has 0 spiro atoms. The maximum Gasteiger partial charge on any atom is 0.162 e. The van der Waals surface area contributed by atoms with E-state index in [2.05, 4.69) is 4.98 Å². The van der Waals surface area contributed by atoms with Crippen LogP contribution in [-0.2, 0) is 0 Å². The van der Waals surface area contributed by atoms with Gasteiger partial charge in [0.2, 0.25) is 0 Å². The maximum absolute atomic E-state index is 11.3. The lowest BCUT2D eigenvalue weighted by Crippen LogP contribution is -1.96. The van der Waals surface area contributed by atoms with Crippen molar-refractivity contribution in [3.05, 3.63) is 40.5 Å². The van der Waals surface area contributed by atoms with E-state index in [0.717, 1.165) is 16.5 Å². The lowest BCUT2D eigenvalue weighted by atomic mass is 10.1. The predicted octanol–water partition coefficient (Wildman–Crippen LogP) is 3.40. The predicted molar refractivity (Wildman–Crippen MR) is 61.5 cm³/mol. The van der Waals surface area contributed by atoms with Crippen LogP contribution in [0.4, 0.5) is 0 Å². The van der Waals surface area contributed by atoms with Crippen molar-refractivity contribution >= 4 is 28.3 Å². The maximum atomic E-state index is 11.3. The number of halogens is 1. The number of Topliss-reactive ketones (excluding diaryl/α,β-unsaturated/α-hetero) is 1. The monoisotopic (exact) mass is 219 g/mol. The summed E-state index contributed by atoms with van der Waals surface area (Å²) in [5, 5.41) is 1.23. The van der Waals surface area contributed by atoms with Gasteiger partial charge in [-0.15, -0.1) is 0 Å². The number of fused-ring (bicyclic) bond motifs is 1. The van der Waals surface area contributed by atoms with Gasteiger partial charge in [0.15, 0.2) is 5.78 Å². The smallest absolute Gasteiger partial charge is 0.162 e. The van der Waals surface area contributed by atoms with Crippen LogP contribution in [0.3, 0.4) is 0 Å². The summed E-state index contributed by atoms with van der Waals surface area (Å²) in [7, 11) is 0. The van der Waals surface area contributed by atoms with Gasteiger partial charge in [-0.05, 0) is 32.0 Å². The van der Waals surface area contributed by atoms with Crippen LogP contribution in [0.5, 0.6) is 0 Å². The van der Waals surface area contributed by atoms with Gasteiger partial charge >= 0.3 is 0 Å². The van der Waals surface area contributed by atoms with Crippen LogP contribution in [-0.4, -0.2) is 10.8 Å². The molecule has 0 atom stereocenters. The molecule has 15 heavy (non-hydrogen) atoms. The van der Waals surface area contributed by atoms with E-state index in [9.17, 15) is 4.79 Å². The third-order valence-corrected chi connectivity index (χ3v) is 2.59. The Labute approximate surface area is 92.9 Å². The molecule has 0 unspecified atom stereocenters. The average Bonchev–Trinajstić information content (AvgIpc) is 2.17. The molecule has 0 saturated heterocycles. The summed E-state index contributed by atoms with van der Waals surface area (Å²) in [4.78, 5) is 15.5. The number of aryl methyl sites for hydroxylation is 1. The fraction of sp³-hybridized carbons (Fsp3) is 0.167. The Balaban J connectivity index is 2.77. The number of benzene rings is 1. The highest BCUT2D eigenvalue weighted by Crippen LogP contribution is 2.21.